The molecular formula is C10H6ClF3O. The highest BCUT2D eigenvalue weighted by Gasteiger charge is 2.32. The van der Waals surface area contributed by atoms with E-state index in [1.165, 1.54) is 12.1 Å². The van der Waals surface area contributed by atoms with Gasteiger partial charge in [0.2, 0.25) is 0 Å². The Hall–Kier alpha value is -1.29. The van der Waals surface area contributed by atoms with Gasteiger partial charge in [-0.1, -0.05) is 41.9 Å². The molecule has 0 radical (unpaired) electrons. The fraction of sp³-hybridized carbons (Fsp3) is 0.100. The predicted octanol–water partition coefficient (Wildman–Crippen LogP) is 3.55. The lowest BCUT2D eigenvalue weighted by Crippen LogP contribution is -2.09. The molecule has 0 N–H and O–H groups in total. The Morgan fingerprint density at radius 3 is 2.20 bits per heavy atom. The summed E-state index contributed by atoms with van der Waals surface area (Å²) in [5, 5.41) is -1.42. The number of carbonyl (C=O) groups excluding carboxylic acids is 1. The zero-order valence-electron chi connectivity index (χ0n) is 7.38. The molecule has 1 rings (SSSR count). The molecule has 0 aliphatic rings. The van der Waals surface area contributed by atoms with Crippen LogP contribution in [-0.4, -0.2) is 12.0 Å². The van der Waals surface area contributed by atoms with Gasteiger partial charge in [0, 0.05) is 11.6 Å². The van der Waals surface area contributed by atoms with Crippen LogP contribution >= 0.6 is 11.6 Å². The molecule has 0 amide bonds. The summed E-state index contributed by atoms with van der Waals surface area (Å²) in [4.78, 5) is 11.2. The second-order valence-electron chi connectivity index (χ2n) is 2.72. The highest BCUT2D eigenvalue weighted by Crippen LogP contribution is 2.28. The van der Waals surface area contributed by atoms with E-state index in [1.807, 2.05) is 0 Å². The molecule has 1 aromatic rings. The first-order valence-corrected chi connectivity index (χ1v) is 4.33. The first-order valence-electron chi connectivity index (χ1n) is 3.95. The quantitative estimate of drug-likeness (QED) is 0.565. The summed E-state index contributed by atoms with van der Waals surface area (Å²) in [6, 6.07) is 7.61. The molecule has 0 aliphatic carbocycles. The van der Waals surface area contributed by atoms with E-state index in [4.69, 9.17) is 11.6 Å². The van der Waals surface area contributed by atoms with Crippen molar-refractivity contribution < 1.29 is 18.0 Å². The molecule has 0 aromatic heterocycles. The molecule has 0 saturated heterocycles. The van der Waals surface area contributed by atoms with Crippen LogP contribution in [0.25, 0.3) is 0 Å². The van der Waals surface area contributed by atoms with Crippen molar-refractivity contribution in [3.8, 4) is 0 Å². The summed E-state index contributed by atoms with van der Waals surface area (Å²) in [7, 11) is 0. The summed E-state index contributed by atoms with van der Waals surface area (Å²) < 4.78 is 35.9. The predicted molar refractivity (Wildman–Crippen MR) is 50.8 cm³/mol. The highest BCUT2D eigenvalue weighted by molar-refractivity contribution is 6.32. The Balaban J connectivity index is 2.90. The zero-order chi connectivity index (χ0) is 11.5. The third-order valence-electron chi connectivity index (χ3n) is 1.59. The molecule has 0 saturated carbocycles. The first kappa shape index (κ1) is 11.8. The van der Waals surface area contributed by atoms with Crippen LogP contribution in [0.3, 0.4) is 0 Å². The summed E-state index contributed by atoms with van der Waals surface area (Å²) in [5.74, 6) is -0.766. The van der Waals surface area contributed by atoms with Crippen LogP contribution in [0.15, 0.2) is 41.4 Å². The van der Waals surface area contributed by atoms with Crippen molar-refractivity contribution in [1.82, 2.24) is 0 Å². The van der Waals surface area contributed by atoms with E-state index in [-0.39, 0.29) is 5.56 Å². The number of rotatable bonds is 2. The molecule has 80 valence electrons. The number of hydrogen-bond acceptors (Lipinski definition) is 1. The van der Waals surface area contributed by atoms with Crippen LogP contribution < -0.4 is 0 Å². The number of benzene rings is 1. The third-order valence-corrected chi connectivity index (χ3v) is 1.91. The van der Waals surface area contributed by atoms with Crippen LogP contribution in [0, 0.1) is 0 Å². The number of halogens is 4. The Morgan fingerprint density at radius 1 is 1.20 bits per heavy atom. The van der Waals surface area contributed by atoms with Gasteiger partial charge in [0.1, 0.15) is 5.03 Å². The topological polar surface area (TPSA) is 17.1 Å². The van der Waals surface area contributed by atoms with Crippen molar-refractivity contribution in [2.24, 2.45) is 0 Å². The van der Waals surface area contributed by atoms with E-state index in [0.29, 0.717) is 6.08 Å². The molecule has 1 nitrogen and oxygen atoms in total. The van der Waals surface area contributed by atoms with Crippen LogP contribution in [0.1, 0.15) is 10.4 Å². The average Bonchev–Trinajstić information content (AvgIpc) is 2.17. The summed E-state index contributed by atoms with van der Waals surface area (Å²) >= 11 is 4.92. The monoisotopic (exact) mass is 234 g/mol. The fourth-order valence-electron chi connectivity index (χ4n) is 0.883. The van der Waals surface area contributed by atoms with Gasteiger partial charge in [-0.05, 0) is 0 Å². The maximum Gasteiger partial charge on any atom is 0.427 e. The fourth-order valence-corrected chi connectivity index (χ4v) is 0.982. The minimum absolute atomic E-state index is 0.167. The molecule has 0 heterocycles. The van der Waals surface area contributed by atoms with Gasteiger partial charge in [0.05, 0.1) is 0 Å². The second-order valence-corrected chi connectivity index (χ2v) is 3.13. The number of alkyl halides is 3. The SMILES string of the molecule is O=C(/C=C(/Cl)C(F)(F)F)c1ccccc1. The van der Waals surface area contributed by atoms with Gasteiger partial charge < -0.3 is 0 Å². The molecule has 0 bridgehead atoms. The van der Waals surface area contributed by atoms with E-state index in [2.05, 4.69) is 0 Å². The minimum Gasteiger partial charge on any atom is -0.289 e. The number of hydrogen-bond donors (Lipinski definition) is 0. The normalized spacial score (nSPS) is 12.7. The van der Waals surface area contributed by atoms with Crippen molar-refractivity contribution in [3.63, 3.8) is 0 Å². The lowest BCUT2D eigenvalue weighted by molar-refractivity contribution is -0.0845. The van der Waals surface area contributed by atoms with Gasteiger partial charge in [0.25, 0.3) is 0 Å². The smallest absolute Gasteiger partial charge is 0.289 e. The van der Waals surface area contributed by atoms with E-state index in [1.54, 1.807) is 18.2 Å². The average molecular weight is 235 g/mol. The summed E-state index contributed by atoms with van der Waals surface area (Å²) in [6.45, 7) is 0. The Morgan fingerprint density at radius 2 is 1.73 bits per heavy atom. The van der Waals surface area contributed by atoms with Crippen molar-refractivity contribution >= 4 is 17.4 Å². The van der Waals surface area contributed by atoms with Crippen LogP contribution in [0.4, 0.5) is 13.2 Å². The molecular weight excluding hydrogens is 229 g/mol. The van der Waals surface area contributed by atoms with Gasteiger partial charge in [-0.25, -0.2) is 0 Å². The molecule has 15 heavy (non-hydrogen) atoms. The standard InChI is InChI=1S/C10H6ClF3O/c11-9(10(12,13)14)6-8(15)7-4-2-1-3-5-7/h1-6H/b9-6+. The van der Waals surface area contributed by atoms with E-state index >= 15 is 0 Å². The lowest BCUT2D eigenvalue weighted by atomic mass is 10.1. The molecule has 0 atom stereocenters. The number of allylic oxidation sites excluding steroid dienone is 2. The molecule has 0 unspecified atom stereocenters. The van der Waals surface area contributed by atoms with Gasteiger partial charge in [-0.2, -0.15) is 13.2 Å². The molecule has 5 heteroatoms. The summed E-state index contributed by atoms with van der Waals surface area (Å²) in [5.41, 5.74) is 0.167. The van der Waals surface area contributed by atoms with Gasteiger partial charge in [0.15, 0.2) is 5.78 Å². The van der Waals surface area contributed by atoms with Gasteiger partial charge in [-0.15, -0.1) is 0 Å². The molecule has 0 fully saturated rings. The zero-order valence-corrected chi connectivity index (χ0v) is 8.14. The van der Waals surface area contributed by atoms with Crippen LogP contribution in [0.5, 0.6) is 0 Å². The molecule has 0 aliphatic heterocycles. The Labute approximate surface area is 89.2 Å². The van der Waals surface area contributed by atoms with E-state index in [0.717, 1.165) is 0 Å². The molecule has 0 spiro atoms. The number of carbonyl (C=O) groups is 1. The van der Waals surface area contributed by atoms with Crippen molar-refractivity contribution in [2.75, 3.05) is 0 Å². The first-order chi connectivity index (χ1) is 6.91. The number of ketones is 1. The maximum atomic E-state index is 12.0. The van der Waals surface area contributed by atoms with E-state index in [9.17, 15) is 18.0 Å². The minimum atomic E-state index is -4.67. The second kappa shape index (κ2) is 4.49. The van der Waals surface area contributed by atoms with Gasteiger partial charge >= 0.3 is 6.18 Å². The van der Waals surface area contributed by atoms with Crippen LogP contribution in [-0.2, 0) is 0 Å². The van der Waals surface area contributed by atoms with Crippen molar-refractivity contribution in [1.29, 1.82) is 0 Å². The molecule has 1 aromatic carbocycles. The third kappa shape index (κ3) is 3.40. The van der Waals surface area contributed by atoms with Crippen molar-refractivity contribution in [2.45, 2.75) is 6.18 Å². The van der Waals surface area contributed by atoms with Crippen molar-refractivity contribution in [3.05, 3.63) is 47.0 Å². The largest absolute Gasteiger partial charge is 0.427 e. The van der Waals surface area contributed by atoms with E-state index < -0.39 is 17.0 Å². The summed E-state index contributed by atoms with van der Waals surface area (Å²) in [6.07, 6.45) is -4.30. The highest BCUT2D eigenvalue weighted by atomic mass is 35.5. The maximum absolute atomic E-state index is 12.0. The van der Waals surface area contributed by atoms with Crippen LogP contribution in [0.2, 0.25) is 0 Å². The van der Waals surface area contributed by atoms with Gasteiger partial charge in [-0.3, -0.25) is 4.79 Å². The Bertz CT molecular complexity index is 381. The Kier molecular flexibility index (Phi) is 3.52. The lowest BCUT2D eigenvalue weighted by Gasteiger charge is -2.03.